The number of hydrogen-bond donors (Lipinski definition) is 3. The van der Waals surface area contributed by atoms with Crippen molar-refractivity contribution < 1.29 is 33.8 Å². The first-order chi connectivity index (χ1) is 26.4. The van der Waals surface area contributed by atoms with Crippen molar-refractivity contribution in [3.8, 4) is 28.3 Å². The van der Waals surface area contributed by atoms with Gasteiger partial charge in [0.15, 0.2) is 5.82 Å². The molecule has 0 bridgehead atoms. The summed E-state index contributed by atoms with van der Waals surface area (Å²) in [7, 11) is 0. The Kier molecular flexibility index (Phi) is 14.7. The number of nitrogens with one attached hydrogen (secondary N) is 2. The van der Waals surface area contributed by atoms with Gasteiger partial charge in [-0.05, 0) is 80.5 Å². The third kappa shape index (κ3) is 12.6. The molecule has 2 amide bonds. The number of aliphatic carboxylic acids is 1. The lowest BCUT2D eigenvalue weighted by Gasteiger charge is -2.35. The number of amides is 2. The van der Waals surface area contributed by atoms with Crippen LogP contribution >= 0.6 is 0 Å². The van der Waals surface area contributed by atoms with Crippen LogP contribution in [0.15, 0.2) is 85.2 Å². The molecule has 0 radical (unpaired) electrons. The molecular weight excluding hydrogens is 709 g/mol. The van der Waals surface area contributed by atoms with Gasteiger partial charge in [0.2, 0.25) is 11.6 Å². The Labute approximate surface area is 330 Å². The highest BCUT2D eigenvalue weighted by Gasteiger charge is 2.43. The molecule has 0 aliphatic rings. The standard InChI is InChI=1S/C45H56N4O7/c1-9-10-11-12-13-26-55-36-24-20-30(21-25-36)34-28-46-40(47-29-34)32-16-14-31(15-17-32)37(48-41(52)33-18-22-35(23-19-33)43(2,3)4)27-38(50)49-45(8,39(51)42(53)54)56-44(5,6)7/h14-25,28-29,37H,9-13,26-27H2,1-8H3,(H,48,52)(H,49,50)(H,53,54)/t37-,45-/m0/s1. The topological polar surface area (TPSA) is 157 Å². The highest BCUT2D eigenvalue weighted by atomic mass is 16.5. The number of hydrogen-bond acceptors (Lipinski definition) is 8. The van der Waals surface area contributed by atoms with Crippen molar-refractivity contribution in [1.29, 1.82) is 0 Å². The van der Waals surface area contributed by atoms with Crippen LogP contribution in [0.2, 0.25) is 0 Å². The largest absolute Gasteiger partial charge is 0.494 e. The molecule has 0 aliphatic heterocycles. The van der Waals surface area contributed by atoms with E-state index in [1.807, 2.05) is 36.4 Å². The van der Waals surface area contributed by atoms with Gasteiger partial charge < -0.3 is 25.2 Å². The summed E-state index contributed by atoms with van der Waals surface area (Å²) in [6.45, 7) is 15.3. The summed E-state index contributed by atoms with van der Waals surface area (Å²) in [5.41, 5.74) is 1.34. The number of ether oxygens (including phenoxy) is 2. The first-order valence-corrected chi connectivity index (χ1v) is 19.2. The molecule has 2 atom stereocenters. The summed E-state index contributed by atoms with van der Waals surface area (Å²) in [5.74, 6) is -2.88. The van der Waals surface area contributed by atoms with E-state index in [1.54, 1.807) is 69.6 Å². The molecule has 0 fully saturated rings. The van der Waals surface area contributed by atoms with E-state index in [4.69, 9.17) is 9.47 Å². The van der Waals surface area contributed by atoms with Crippen molar-refractivity contribution in [2.45, 2.75) is 117 Å². The molecule has 0 aliphatic carbocycles. The minimum Gasteiger partial charge on any atom is -0.494 e. The van der Waals surface area contributed by atoms with Gasteiger partial charge in [0, 0.05) is 29.1 Å². The molecule has 298 valence electrons. The number of carboxylic acids is 1. The molecule has 0 saturated carbocycles. The zero-order chi connectivity index (χ0) is 41.1. The number of benzene rings is 3. The van der Waals surface area contributed by atoms with Gasteiger partial charge in [-0.1, -0.05) is 102 Å². The zero-order valence-electron chi connectivity index (χ0n) is 33.9. The summed E-state index contributed by atoms with van der Waals surface area (Å²) >= 11 is 0. The average molecular weight is 765 g/mol. The molecule has 4 aromatic rings. The normalized spacial score (nSPS) is 13.3. The Bertz CT molecular complexity index is 1930. The van der Waals surface area contributed by atoms with Gasteiger partial charge >= 0.3 is 5.97 Å². The lowest BCUT2D eigenvalue weighted by atomic mass is 9.86. The second kappa shape index (κ2) is 18.9. The van der Waals surface area contributed by atoms with Crippen LogP contribution in [0, 0.1) is 0 Å². The minimum atomic E-state index is -2.16. The quantitative estimate of drug-likeness (QED) is 0.0513. The van der Waals surface area contributed by atoms with Crippen molar-refractivity contribution in [2.24, 2.45) is 0 Å². The van der Waals surface area contributed by atoms with E-state index in [1.165, 1.54) is 32.6 Å². The molecule has 11 heteroatoms. The van der Waals surface area contributed by atoms with Crippen molar-refractivity contribution in [3.05, 3.63) is 102 Å². The number of aromatic nitrogens is 2. The maximum absolute atomic E-state index is 13.6. The molecule has 0 unspecified atom stereocenters. The van der Waals surface area contributed by atoms with E-state index in [9.17, 15) is 24.3 Å². The van der Waals surface area contributed by atoms with Crippen LogP contribution < -0.4 is 15.4 Å². The second-order valence-electron chi connectivity index (χ2n) is 16.2. The highest BCUT2D eigenvalue weighted by molar-refractivity contribution is 6.36. The molecule has 56 heavy (non-hydrogen) atoms. The van der Waals surface area contributed by atoms with Crippen molar-refractivity contribution >= 4 is 23.6 Å². The Morgan fingerprint density at radius 2 is 1.32 bits per heavy atom. The monoisotopic (exact) mass is 764 g/mol. The van der Waals surface area contributed by atoms with Gasteiger partial charge in [-0.3, -0.25) is 14.4 Å². The molecule has 0 saturated heterocycles. The molecule has 1 heterocycles. The molecule has 3 N–H and O–H groups in total. The lowest BCUT2D eigenvalue weighted by molar-refractivity contribution is -0.180. The second-order valence-corrected chi connectivity index (χ2v) is 16.2. The molecule has 4 rings (SSSR count). The van der Waals surface area contributed by atoms with Crippen LogP contribution in [0.25, 0.3) is 22.5 Å². The van der Waals surface area contributed by atoms with E-state index in [0.29, 0.717) is 29.1 Å². The Morgan fingerprint density at radius 3 is 1.88 bits per heavy atom. The molecule has 1 aromatic heterocycles. The SMILES string of the molecule is CCCCCCCOc1ccc(-c2cnc(-c3ccc([C@H](CC(=O)N[C@@](C)(OC(C)(C)C)C(=O)C(=O)O)NC(=O)c4ccc(C(C)(C)C)cc4)cc3)nc2)cc1. The van der Waals surface area contributed by atoms with E-state index >= 15 is 0 Å². The predicted molar refractivity (Wildman–Crippen MR) is 217 cm³/mol. The van der Waals surface area contributed by atoms with Gasteiger partial charge in [-0.2, -0.15) is 0 Å². The Morgan fingerprint density at radius 1 is 0.732 bits per heavy atom. The fourth-order valence-electron chi connectivity index (χ4n) is 6.19. The van der Waals surface area contributed by atoms with Crippen molar-refractivity contribution in [2.75, 3.05) is 6.61 Å². The van der Waals surface area contributed by atoms with E-state index in [2.05, 4.69) is 48.3 Å². The Balaban J connectivity index is 1.52. The fraction of sp³-hybridized carbons (Fsp3) is 0.422. The third-order valence-electron chi connectivity index (χ3n) is 9.15. The number of carbonyl (C=O) groups is 4. The van der Waals surface area contributed by atoms with Gasteiger partial charge in [0.05, 0.1) is 24.7 Å². The molecule has 3 aromatic carbocycles. The molecule has 11 nitrogen and oxygen atoms in total. The fourth-order valence-corrected chi connectivity index (χ4v) is 6.19. The maximum atomic E-state index is 13.6. The third-order valence-corrected chi connectivity index (χ3v) is 9.15. The summed E-state index contributed by atoms with van der Waals surface area (Å²) < 4.78 is 11.7. The van der Waals surface area contributed by atoms with Crippen LogP contribution in [-0.2, 0) is 24.5 Å². The predicted octanol–water partition coefficient (Wildman–Crippen LogP) is 8.62. The van der Waals surface area contributed by atoms with E-state index < -0.39 is 40.9 Å². The number of nitrogens with zero attached hydrogens (tertiary/aromatic N) is 2. The van der Waals surface area contributed by atoms with Crippen LogP contribution in [0.4, 0.5) is 0 Å². The van der Waals surface area contributed by atoms with Crippen molar-refractivity contribution in [1.82, 2.24) is 20.6 Å². The number of rotatable bonds is 18. The number of carboxylic acid groups (broad SMARTS) is 1. The van der Waals surface area contributed by atoms with E-state index in [-0.39, 0.29) is 11.8 Å². The van der Waals surface area contributed by atoms with Gasteiger partial charge in [0.25, 0.3) is 11.7 Å². The summed E-state index contributed by atoms with van der Waals surface area (Å²) in [4.78, 5) is 60.8. The van der Waals surface area contributed by atoms with Gasteiger partial charge in [-0.25, -0.2) is 14.8 Å². The first-order valence-electron chi connectivity index (χ1n) is 19.2. The summed E-state index contributed by atoms with van der Waals surface area (Å²) in [5, 5.41) is 14.9. The zero-order valence-corrected chi connectivity index (χ0v) is 33.9. The summed E-state index contributed by atoms with van der Waals surface area (Å²) in [6, 6.07) is 21.4. The number of Topliss-reactive ketones (excluding diaryl/α,β-unsaturated/α-hetero) is 1. The average Bonchev–Trinajstić information content (AvgIpc) is 3.15. The van der Waals surface area contributed by atoms with Crippen LogP contribution in [-0.4, -0.2) is 56.6 Å². The summed E-state index contributed by atoms with van der Waals surface area (Å²) in [6.07, 6.45) is 9.11. The van der Waals surface area contributed by atoms with E-state index in [0.717, 1.165) is 28.9 Å². The maximum Gasteiger partial charge on any atom is 0.377 e. The molecular formula is C45H56N4O7. The van der Waals surface area contributed by atoms with Gasteiger partial charge in [-0.15, -0.1) is 0 Å². The first kappa shape index (κ1) is 43.3. The number of unbranched alkanes of at least 4 members (excludes halogenated alkanes) is 4. The van der Waals surface area contributed by atoms with Crippen molar-refractivity contribution in [3.63, 3.8) is 0 Å². The minimum absolute atomic E-state index is 0.107. The van der Waals surface area contributed by atoms with Crippen LogP contribution in [0.1, 0.15) is 121 Å². The van der Waals surface area contributed by atoms with Crippen LogP contribution in [0.3, 0.4) is 0 Å². The Hall–Kier alpha value is -5.42. The highest BCUT2D eigenvalue weighted by Crippen LogP contribution is 2.27. The smallest absolute Gasteiger partial charge is 0.377 e. The molecule has 0 spiro atoms. The number of carbonyl (C=O) groups excluding carboxylic acids is 3. The van der Waals surface area contributed by atoms with Gasteiger partial charge in [0.1, 0.15) is 5.75 Å². The van der Waals surface area contributed by atoms with Crippen LogP contribution in [0.5, 0.6) is 5.75 Å². The lowest BCUT2D eigenvalue weighted by Crippen LogP contribution is -2.59. The number of ketones is 1.